The number of aromatic nitrogens is 1. The quantitative estimate of drug-likeness (QED) is 0.669. The van der Waals surface area contributed by atoms with Crippen molar-refractivity contribution in [2.45, 2.75) is 32.2 Å². The highest BCUT2D eigenvalue weighted by Gasteiger charge is 2.38. The van der Waals surface area contributed by atoms with Crippen molar-refractivity contribution in [1.82, 2.24) is 9.29 Å². The smallest absolute Gasteiger partial charge is 0.321 e. The van der Waals surface area contributed by atoms with Crippen molar-refractivity contribution < 1.29 is 17.9 Å². The van der Waals surface area contributed by atoms with Gasteiger partial charge in [0.25, 0.3) is 0 Å². The molecule has 0 saturated heterocycles. The summed E-state index contributed by atoms with van der Waals surface area (Å²) in [5, 5.41) is 0. The van der Waals surface area contributed by atoms with E-state index in [9.17, 15) is 13.2 Å². The lowest BCUT2D eigenvalue weighted by Crippen LogP contribution is -2.39. The first kappa shape index (κ1) is 15.9. The summed E-state index contributed by atoms with van der Waals surface area (Å²) in [5.41, 5.74) is 0.917. The zero-order chi connectivity index (χ0) is 15.3. The van der Waals surface area contributed by atoms with E-state index in [1.165, 1.54) is 4.31 Å². The highest BCUT2D eigenvalue weighted by molar-refractivity contribution is 7.89. The van der Waals surface area contributed by atoms with Crippen LogP contribution in [0.25, 0.3) is 0 Å². The molecule has 0 N–H and O–H groups in total. The molecule has 0 atom stereocenters. The van der Waals surface area contributed by atoms with Crippen LogP contribution >= 0.6 is 0 Å². The molecule has 1 aromatic rings. The standard InChI is InChI=1S/C14H20N2O4S/c1-2-20-14(17)11-16(13-3-4-13)21(18,19)10-7-12-5-8-15-9-6-12/h5-6,8-9,13H,2-4,7,10-11H2,1H3. The van der Waals surface area contributed by atoms with E-state index in [1.807, 2.05) is 0 Å². The first-order chi connectivity index (χ1) is 10.0. The number of carbonyl (C=O) groups excluding carboxylic acids is 1. The molecule has 0 aromatic carbocycles. The molecular weight excluding hydrogens is 292 g/mol. The van der Waals surface area contributed by atoms with Crippen LogP contribution in [0, 0.1) is 0 Å². The number of nitrogens with zero attached hydrogens (tertiary/aromatic N) is 2. The van der Waals surface area contributed by atoms with Crippen molar-refractivity contribution >= 4 is 16.0 Å². The van der Waals surface area contributed by atoms with E-state index in [2.05, 4.69) is 4.98 Å². The molecule has 1 fully saturated rings. The molecular formula is C14H20N2O4S. The van der Waals surface area contributed by atoms with Gasteiger partial charge in [0.1, 0.15) is 6.54 Å². The van der Waals surface area contributed by atoms with Crippen LogP contribution in [-0.4, -0.2) is 48.6 Å². The lowest BCUT2D eigenvalue weighted by Gasteiger charge is -2.20. The van der Waals surface area contributed by atoms with Gasteiger partial charge in [-0.15, -0.1) is 0 Å². The molecule has 21 heavy (non-hydrogen) atoms. The highest BCUT2D eigenvalue weighted by atomic mass is 32.2. The minimum Gasteiger partial charge on any atom is -0.465 e. The fourth-order valence-corrected chi connectivity index (χ4v) is 3.76. The fourth-order valence-electron chi connectivity index (χ4n) is 2.06. The number of hydrogen-bond acceptors (Lipinski definition) is 5. The molecule has 1 aromatic heterocycles. The highest BCUT2D eigenvalue weighted by Crippen LogP contribution is 2.29. The summed E-state index contributed by atoms with van der Waals surface area (Å²) in [6, 6.07) is 3.54. The third-order valence-electron chi connectivity index (χ3n) is 3.30. The Morgan fingerprint density at radius 3 is 2.62 bits per heavy atom. The SMILES string of the molecule is CCOC(=O)CN(C1CC1)S(=O)(=O)CCc1ccncc1. The van der Waals surface area contributed by atoms with E-state index in [1.54, 1.807) is 31.5 Å². The Morgan fingerprint density at radius 2 is 2.05 bits per heavy atom. The van der Waals surface area contributed by atoms with E-state index in [0.717, 1.165) is 18.4 Å². The van der Waals surface area contributed by atoms with Crippen LogP contribution in [0.5, 0.6) is 0 Å². The topological polar surface area (TPSA) is 76.6 Å². The van der Waals surface area contributed by atoms with Crippen molar-refractivity contribution in [2.75, 3.05) is 18.9 Å². The van der Waals surface area contributed by atoms with Crippen LogP contribution in [0.1, 0.15) is 25.3 Å². The Bertz CT molecular complexity index is 570. The number of sulfonamides is 1. The number of pyridine rings is 1. The molecule has 1 aliphatic carbocycles. The van der Waals surface area contributed by atoms with E-state index >= 15 is 0 Å². The Hall–Kier alpha value is -1.47. The van der Waals surface area contributed by atoms with Crippen LogP contribution in [0.4, 0.5) is 0 Å². The van der Waals surface area contributed by atoms with Gasteiger partial charge in [0.15, 0.2) is 0 Å². The number of rotatable bonds is 8. The fraction of sp³-hybridized carbons (Fsp3) is 0.571. The summed E-state index contributed by atoms with van der Waals surface area (Å²) >= 11 is 0. The van der Waals surface area contributed by atoms with E-state index in [4.69, 9.17) is 4.74 Å². The number of ether oxygens (including phenoxy) is 1. The predicted molar refractivity (Wildman–Crippen MR) is 78.1 cm³/mol. The van der Waals surface area contributed by atoms with Gasteiger partial charge in [-0.1, -0.05) is 0 Å². The lowest BCUT2D eigenvalue weighted by atomic mass is 10.2. The number of aryl methyl sites for hydroxylation is 1. The minimum atomic E-state index is -3.46. The maximum absolute atomic E-state index is 12.4. The predicted octanol–water partition coefficient (Wildman–Crippen LogP) is 0.981. The van der Waals surface area contributed by atoms with Gasteiger partial charge in [0, 0.05) is 18.4 Å². The molecule has 1 heterocycles. The van der Waals surface area contributed by atoms with Gasteiger partial charge in [0.2, 0.25) is 10.0 Å². The molecule has 0 bridgehead atoms. The number of esters is 1. The lowest BCUT2D eigenvalue weighted by molar-refractivity contribution is -0.143. The number of hydrogen-bond donors (Lipinski definition) is 0. The summed E-state index contributed by atoms with van der Waals surface area (Å²) in [6.45, 7) is 1.78. The van der Waals surface area contributed by atoms with Gasteiger partial charge in [-0.25, -0.2) is 8.42 Å². The van der Waals surface area contributed by atoms with Crippen molar-refractivity contribution in [1.29, 1.82) is 0 Å². The summed E-state index contributed by atoms with van der Waals surface area (Å²) in [6.07, 6.45) is 5.32. The van der Waals surface area contributed by atoms with Crippen molar-refractivity contribution in [3.05, 3.63) is 30.1 Å². The molecule has 0 radical (unpaired) electrons. The summed E-state index contributed by atoms with van der Waals surface area (Å²) in [5.74, 6) is -0.496. The van der Waals surface area contributed by atoms with Crippen LogP contribution in [0.15, 0.2) is 24.5 Å². The molecule has 0 unspecified atom stereocenters. The van der Waals surface area contributed by atoms with Crippen LogP contribution in [-0.2, 0) is 26.0 Å². The first-order valence-corrected chi connectivity index (χ1v) is 8.68. The van der Waals surface area contributed by atoms with Crippen molar-refractivity contribution in [3.8, 4) is 0 Å². The van der Waals surface area contributed by atoms with Crippen LogP contribution in [0.3, 0.4) is 0 Å². The second kappa shape index (κ2) is 7.00. The Morgan fingerprint density at radius 1 is 1.38 bits per heavy atom. The molecule has 0 amide bonds. The zero-order valence-electron chi connectivity index (χ0n) is 12.1. The van der Waals surface area contributed by atoms with Gasteiger partial charge >= 0.3 is 5.97 Å². The van der Waals surface area contributed by atoms with Gasteiger partial charge in [-0.2, -0.15) is 4.31 Å². The summed E-state index contributed by atoms with van der Waals surface area (Å²) in [7, 11) is -3.46. The third kappa shape index (κ3) is 4.78. The molecule has 2 rings (SSSR count). The number of carbonyl (C=O) groups is 1. The average Bonchev–Trinajstić information content (AvgIpc) is 3.28. The average molecular weight is 312 g/mol. The molecule has 1 saturated carbocycles. The summed E-state index contributed by atoms with van der Waals surface area (Å²) < 4.78 is 31.0. The first-order valence-electron chi connectivity index (χ1n) is 7.07. The van der Waals surface area contributed by atoms with E-state index in [0.29, 0.717) is 6.42 Å². The Kier molecular flexibility index (Phi) is 5.30. The van der Waals surface area contributed by atoms with Gasteiger partial charge < -0.3 is 4.74 Å². The molecule has 116 valence electrons. The molecule has 1 aliphatic rings. The van der Waals surface area contributed by atoms with Gasteiger partial charge in [0.05, 0.1) is 12.4 Å². The van der Waals surface area contributed by atoms with Crippen LogP contribution < -0.4 is 0 Å². The van der Waals surface area contributed by atoms with Gasteiger partial charge in [-0.05, 0) is 43.9 Å². The molecule has 0 aliphatic heterocycles. The molecule has 6 nitrogen and oxygen atoms in total. The Labute approximate surface area is 125 Å². The van der Waals surface area contributed by atoms with E-state index < -0.39 is 16.0 Å². The van der Waals surface area contributed by atoms with E-state index in [-0.39, 0.29) is 24.9 Å². The van der Waals surface area contributed by atoms with Crippen LogP contribution in [0.2, 0.25) is 0 Å². The minimum absolute atomic E-state index is 0.00703. The maximum Gasteiger partial charge on any atom is 0.321 e. The normalized spacial score (nSPS) is 15.1. The van der Waals surface area contributed by atoms with Crippen molar-refractivity contribution in [3.63, 3.8) is 0 Å². The second-order valence-corrected chi connectivity index (χ2v) is 7.04. The molecule has 7 heteroatoms. The van der Waals surface area contributed by atoms with Crippen molar-refractivity contribution in [2.24, 2.45) is 0 Å². The largest absolute Gasteiger partial charge is 0.465 e. The third-order valence-corrected chi connectivity index (χ3v) is 5.16. The maximum atomic E-state index is 12.4. The zero-order valence-corrected chi connectivity index (χ0v) is 12.9. The summed E-state index contributed by atoms with van der Waals surface area (Å²) in [4.78, 5) is 15.5. The Balaban J connectivity index is 1.99. The monoisotopic (exact) mass is 312 g/mol. The van der Waals surface area contributed by atoms with Gasteiger partial charge in [-0.3, -0.25) is 9.78 Å². The molecule has 0 spiro atoms. The second-order valence-electron chi connectivity index (χ2n) is 5.00.